The van der Waals surface area contributed by atoms with Crippen LogP contribution < -0.4 is 11.1 Å². The number of methoxy groups -OCH3 is 1. The molecule has 0 saturated carbocycles. The number of amides is 1. The van der Waals surface area contributed by atoms with Crippen LogP contribution in [0, 0.1) is 0 Å². The molecule has 0 saturated heterocycles. The highest BCUT2D eigenvalue weighted by atomic mass is 16.5. The molecule has 0 bridgehead atoms. The third-order valence-corrected chi connectivity index (χ3v) is 3.78. The van der Waals surface area contributed by atoms with Gasteiger partial charge in [0.05, 0.1) is 12.1 Å². The van der Waals surface area contributed by atoms with Gasteiger partial charge in [0.25, 0.3) is 0 Å². The molecule has 1 unspecified atom stereocenters. The number of unbranched alkanes of at least 4 members (excludes halogenated alkanes) is 1. The van der Waals surface area contributed by atoms with Crippen molar-refractivity contribution in [3.8, 4) is 0 Å². The Bertz CT molecular complexity index is 259. The van der Waals surface area contributed by atoms with Gasteiger partial charge < -0.3 is 15.8 Å². The molecule has 0 aliphatic rings. The van der Waals surface area contributed by atoms with Crippen molar-refractivity contribution in [2.24, 2.45) is 5.73 Å². The molecule has 1 atom stereocenters. The monoisotopic (exact) mass is 273 g/mol. The van der Waals surface area contributed by atoms with Crippen molar-refractivity contribution < 1.29 is 9.53 Å². The second-order valence-electron chi connectivity index (χ2n) is 5.53. The molecule has 0 aliphatic heterocycles. The van der Waals surface area contributed by atoms with Crippen LogP contribution in [0.2, 0.25) is 0 Å². The van der Waals surface area contributed by atoms with Crippen molar-refractivity contribution in [1.29, 1.82) is 0 Å². The van der Waals surface area contributed by atoms with Gasteiger partial charge in [-0.05, 0) is 53.6 Å². The molecule has 3 N–H and O–H groups in total. The van der Waals surface area contributed by atoms with Crippen LogP contribution in [0.1, 0.15) is 40.0 Å². The summed E-state index contributed by atoms with van der Waals surface area (Å²) in [5, 5.41) is 3.01. The van der Waals surface area contributed by atoms with Crippen LogP contribution in [0.4, 0.5) is 0 Å². The lowest BCUT2D eigenvalue weighted by Crippen LogP contribution is -2.51. The van der Waals surface area contributed by atoms with Crippen molar-refractivity contribution >= 4 is 5.91 Å². The van der Waals surface area contributed by atoms with Crippen molar-refractivity contribution in [3.63, 3.8) is 0 Å². The fourth-order valence-corrected chi connectivity index (χ4v) is 2.00. The number of rotatable bonds is 11. The number of likely N-dealkylation sites (N-methyl/N-ethyl adjacent to an activating group) is 1. The van der Waals surface area contributed by atoms with E-state index in [1.807, 2.05) is 6.92 Å². The third-order valence-electron chi connectivity index (χ3n) is 3.78. The highest BCUT2D eigenvalue weighted by molar-refractivity contribution is 5.84. The quantitative estimate of drug-likeness (QED) is 0.551. The van der Waals surface area contributed by atoms with Gasteiger partial charge >= 0.3 is 0 Å². The summed E-state index contributed by atoms with van der Waals surface area (Å²) in [6, 6.07) is 0.516. The van der Waals surface area contributed by atoms with E-state index < -0.39 is 5.54 Å². The molecule has 0 radical (unpaired) electrons. The second kappa shape index (κ2) is 9.28. The maximum Gasteiger partial charge on any atom is 0.237 e. The maximum atomic E-state index is 11.4. The first-order chi connectivity index (χ1) is 8.87. The van der Waals surface area contributed by atoms with Gasteiger partial charge in [-0.1, -0.05) is 0 Å². The van der Waals surface area contributed by atoms with Crippen LogP contribution >= 0.6 is 0 Å². The van der Waals surface area contributed by atoms with Crippen molar-refractivity contribution in [1.82, 2.24) is 10.2 Å². The molecule has 0 aromatic rings. The molecule has 0 aromatic heterocycles. The Kier molecular flexibility index (Phi) is 8.97. The molecule has 19 heavy (non-hydrogen) atoms. The third kappa shape index (κ3) is 6.89. The van der Waals surface area contributed by atoms with Crippen molar-refractivity contribution in [2.45, 2.75) is 51.6 Å². The molecule has 0 heterocycles. The summed E-state index contributed by atoms with van der Waals surface area (Å²) in [6.45, 7) is 8.98. The summed E-state index contributed by atoms with van der Waals surface area (Å²) in [5.41, 5.74) is 4.82. The number of hydrogen-bond donors (Lipinski definition) is 2. The van der Waals surface area contributed by atoms with Gasteiger partial charge in [0.2, 0.25) is 5.91 Å². The molecule has 0 aliphatic carbocycles. The first-order valence-electron chi connectivity index (χ1n) is 7.09. The normalized spacial score (nSPS) is 14.9. The number of nitrogens with two attached hydrogens (primary N) is 1. The largest absolute Gasteiger partial charge is 0.383 e. The van der Waals surface area contributed by atoms with Gasteiger partial charge in [0.15, 0.2) is 0 Å². The molecule has 0 rings (SSSR count). The van der Waals surface area contributed by atoms with E-state index in [0.29, 0.717) is 6.04 Å². The first kappa shape index (κ1) is 18.4. The SMILES string of the molecule is CNC(C)(CCCCN(CCOC)C(C)C)C(N)=O. The van der Waals surface area contributed by atoms with E-state index in [4.69, 9.17) is 10.5 Å². The Labute approximate surface area is 117 Å². The minimum absolute atomic E-state index is 0.282. The smallest absolute Gasteiger partial charge is 0.237 e. The zero-order valence-electron chi connectivity index (χ0n) is 13.2. The summed E-state index contributed by atoms with van der Waals surface area (Å²) < 4.78 is 5.12. The number of primary amides is 1. The van der Waals surface area contributed by atoms with Crippen LogP contribution in [-0.2, 0) is 9.53 Å². The Morgan fingerprint density at radius 1 is 1.37 bits per heavy atom. The standard InChI is InChI=1S/C14H31N3O2/c1-12(2)17(10-11-19-5)9-7-6-8-14(3,16-4)13(15)18/h12,16H,6-11H2,1-5H3,(H2,15,18). The predicted molar refractivity (Wildman–Crippen MR) is 79.1 cm³/mol. The van der Waals surface area contributed by atoms with Crippen LogP contribution in [-0.4, -0.2) is 56.2 Å². The van der Waals surface area contributed by atoms with Gasteiger partial charge in [0.1, 0.15) is 0 Å². The van der Waals surface area contributed by atoms with Gasteiger partial charge in [-0.15, -0.1) is 0 Å². The van der Waals surface area contributed by atoms with Crippen LogP contribution in [0.15, 0.2) is 0 Å². The molecule has 0 spiro atoms. The lowest BCUT2D eigenvalue weighted by molar-refractivity contribution is -0.123. The summed E-state index contributed by atoms with van der Waals surface area (Å²) in [7, 11) is 3.51. The fraction of sp³-hybridized carbons (Fsp3) is 0.929. The lowest BCUT2D eigenvalue weighted by Gasteiger charge is -2.28. The summed E-state index contributed by atoms with van der Waals surface area (Å²) in [4.78, 5) is 13.8. The van der Waals surface area contributed by atoms with Gasteiger partial charge in [-0.25, -0.2) is 0 Å². The number of ether oxygens (including phenoxy) is 1. The number of nitrogens with zero attached hydrogens (tertiary/aromatic N) is 1. The minimum Gasteiger partial charge on any atom is -0.383 e. The molecule has 0 aromatic carbocycles. The number of carbonyl (C=O) groups excluding carboxylic acids is 1. The van der Waals surface area contributed by atoms with E-state index in [0.717, 1.165) is 39.0 Å². The molecular formula is C14H31N3O2. The fourth-order valence-electron chi connectivity index (χ4n) is 2.00. The average Bonchev–Trinajstić information content (AvgIpc) is 2.36. The molecule has 1 amide bonds. The molecule has 5 nitrogen and oxygen atoms in total. The maximum absolute atomic E-state index is 11.4. The van der Waals surface area contributed by atoms with Gasteiger partial charge in [-0.2, -0.15) is 0 Å². The summed E-state index contributed by atoms with van der Waals surface area (Å²) in [5.74, 6) is -0.282. The lowest BCUT2D eigenvalue weighted by atomic mass is 9.94. The second-order valence-corrected chi connectivity index (χ2v) is 5.53. The van der Waals surface area contributed by atoms with E-state index in [1.165, 1.54) is 0 Å². The Balaban J connectivity index is 4.02. The minimum atomic E-state index is -0.588. The van der Waals surface area contributed by atoms with Gasteiger partial charge in [0, 0.05) is 19.7 Å². The number of carbonyl (C=O) groups is 1. The van der Waals surface area contributed by atoms with Crippen LogP contribution in [0.3, 0.4) is 0 Å². The Hall–Kier alpha value is -0.650. The molecule has 0 fully saturated rings. The van der Waals surface area contributed by atoms with Crippen LogP contribution in [0.5, 0.6) is 0 Å². The predicted octanol–water partition coefficient (Wildman–Crippen LogP) is 0.977. The Morgan fingerprint density at radius 3 is 2.42 bits per heavy atom. The Morgan fingerprint density at radius 2 is 2.00 bits per heavy atom. The van der Waals surface area contributed by atoms with Crippen LogP contribution in [0.25, 0.3) is 0 Å². The highest BCUT2D eigenvalue weighted by Gasteiger charge is 2.27. The van der Waals surface area contributed by atoms with E-state index >= 15 is 0 Å². The topological polar surface area (TPSA) is 67.6 Å². The van der Waals surface area contributed by atoms with Gasteiger partial charge in [-0.3, -0.25) is 9.69 Å². The molecule has 114 valence electrons. The summed E-state index contributed by atoms with van der Waals surface area (Å²) >= 11 is 0. The van der Waals surface area contributed by atoms with Crippen molar-refractivity contribution in [2.75, 3.05) is 33.9 Å². The summed E-state index contributed by atoms with van der Waals surface area (Å²) in [6.07, 6.45) is 2.82. The zero-order valence-corrected chi connectivity index (χ0v) is 13.2. The highest BCUT2D eigenvalue weighted by Crippen LogP contribution is 2.13. The number of hydrogen-bond acceptors (Lipinski definition) is 4. The van der Waals surface area contributed by atoms with E-state index in [9.17, 15) is 4.79 Å². The molecule has 5 heteroatoms. The number of nitrogens with one attached hydrogen (secondary N) is 1. The van der Waals surface area contributed by atoms with E-state index in [1.54, 1.807) is 14.2 Å². The van der Waals surface area contributed by atoms with E-state index in [2.05, 4.69) is 24.1 Å². The molecular weight excluding hydrogens is 242 g/mol. The van der Waals surface area contributed by atoms with E-state index in [-0.39, 0.29) is 5.91 Å². The average molecular weight is 273 g/mol. The van der Waals surface area contributed by atoms with Crippen molar-refractivity contribution in [3.05, 3.63) is 0 Å². The zero-order chi connectivity index (χ0) is 14.9. The first-order valence-corrected chi connectivity index (χ1v) is 7.09.